The molecule has 138 valence electrons. The highest BCUT2D eigenvalue weighted by Crippen LogP contribution is 2.34. The van der Waals surface area contributed by atoms with Crippen molar-refractivity contribution in [2.75, 3.05) is 38.2 Å². The van der Waals surface area contributed by atoms with Gasteiger partial charge in [0.05, 0.1) is 12.8 Å². The molecule has 0 aliphatic carbocycles. The first-order chi connectivity index (χ1) is 12.6. The lowest BCUT2D eigenvalue weighted by atomic mass is 10.0. The fraction of sp³-hybridized carbons (Fsp3) is 0.579. The highest BCUT2D eigenvalue weighted by atomic mass is 16.5. The molecule has 0 amide bonds. The molecule has 4 rings (SSSR count). The summed E-state index contributed by atoms with van der Waals surface area (Å²) in [6.45, 7) is 9.56. The van der Waals surface area contributed by atoms with Gasteiger partial charge in [0.25, 0.3) is 0 Å². The van der Waals surface area contributed by atoms with Crippen LogP contribution in [0.5, 0.6) is 6.01 Å². The van der Waals surface area contributed by atoms with Crippen molar-refractivity contribution >= 4 is 5.82 Å². The second-order valence-corrected chi connectivity index (χ2v) is 7.61. The van der Waals surface area contributed by atoms with Gasteiger partial charge >= 0.3 is 6.01 Å². The molecule has 2 aromatic heterocycles. The maximum Gasteiger partial charge on any atom is 0.316 e. The van der Waals surface area contributed by atoms with Gasteiger partial charge in [-0.2, -0.15) is 4.98 Å². The third-order valence-corrected chi connectivity index (χ3v) is 5.41. The van der Waals surface area contributed by atoms with E-state index in [0.717, 1.165) is 49.9 Å². The van der Waals surface area contributed by atoms with E-state index in [4.69, 9.17) is 4.74 Å². The number of nitrogens with zero attached hydrogens (tertiary/aromatic N) is 6. The summed E-state index contributed by atoms with van der Waals surface area (Å²) in [5, 5.41) is 0. The Bertz CT molecular complexity index is 753. The van der Waals surface area contributed by atoms with Crippen molar-refractivity contribution in [2.24, 2.45) is 11.8 Å². The summed E-state index contributed by atoms with van der Waals surface area (Å²) in [5.74, 6) is 2.89. The average molecular weight is 354 g/mol. The summed E-state index contributed by atoms with van der Waals surface area (Å²) in [6, 6.07) is 4.56. The molecule has 2 unspecified atom stereocenters. The minimum absolute atomic E-state index is 0.430. The summed E-state index contributed by atoms with van der Waals surface area (Å²) in [7, 11) is 1.60. The minimum atomic E-state index is 0.430. The van der Waals surface area contributed by atoms with E-state index in [2.05, 4.69) is 49.6 Å². The van der Waals surface area contributed by atoms with Crippen LogP contribution in [0.2, 0.25) is 0 Å². The molecule has 2 aliphatic heterocycles. The van der Waals surface area contributed by atoms with Gasteiger partial charge in [0, 0.05) is 50.7 Å². The van der Waals surface area contributed by atoms with Crippen molar-refractivity contribution < 1.29 is 4.74 Å². The zero-order valence-corrected chi connectivity index (χ0v) is 15.7. The van der Waals surface area contributed by atoms with Crippen LogP contribution in [0, 0.1) is 11.8 Å². The van der Waals surface area contributed by atoms with E-state index < -0.39 is 0 Å². The number of likely N-dealkylation sites (tertiary alicyclic amines) is 1. The maximum atomic E-state index is 5.12. The van der Waals surface area contributed by atoms with Crippen molar-refractivity contribution in [3.05, 3.63) is 36.0 Å². The second-order valence-electron chi connectivity index (χ2n) is 7.61. The fourth-order valence-electron chi connectivity index (χ4n) is 4.05. The molecule has 0 bridgehead atoms. The Morgan fingerprint density at radius 2 is 1.88 bits per heavy atom. The lowest BCUT2D eigenvalue weighted by Gasteiger charge is -2.22. The number of rotatable bonds is 5. The Balaban J connectivity index is 1.37. The second kappa shape index (κ2) is 7.15. The van der Waals surface area contributed by atoms with Crippen LogP contribution < -0.4 is 9.64 Å². The van der Waals surface area contributed by atoms with Crippen LogP contribution in [-0.2, 0) is 6.54 Å². The largest absolute Gasteiger partial charge is 0.467 e. The zero-order valence-electron chi connectivity index (χ0n) is 15.7. The third kappa shape index (κ3) is 3.49. The predicted molar refractivity (Wildman–Crippen MR) is 99.2 cm³/mol. The summed E-state index contributed by atoms with van der Waals surface area (Å²) in [5.41, 5.74) is 2.14. The molecule has 0 saturated carbocycles. The molecular weight excluding hydrogens is 328 g/mol. The van der Waals surface area contributed by atoms with Gasteiger partial charge < -0.3 is 9.64 Å². The number of ether oxygens (including phenoxy) is 1. The zero-order chi connectivity index (χ0) is 18.1. The van der Waals surface area contributed by atoms with Crippen molar-refractivity contribution in [3.63, 3.8) is 0 Å². The number of anilines is 1. The number of aromatic nitrogens is 4. The van der Waals surface area contributed by atoms with E-state index >= 15 is 0 Å². The molecule has 2 fully saturated rings. The molecule has 2 atom stereocenters. The van der Waals surface area contributed by atoms with E-state index in [0.29, 0.717) is 23.8 Å². The van der Waals surface area contributed by atoms with E-state index in [1.807, 2.05) is 6.07 Å². The van der Waals surface area contributed by atoms with Crippen molar-refractivity contribution in [2.45, 2.75) is 26.3 Å². The molecule has 7 nitrogen and oxygen atoms in total. The lowest BCUT2D eigenvalue weighted by Crippen LogP contribution is -2.29. The van der Waals surface area contributed by atoms with Gasteiger partial charge in [-0.15, -0.1) is 0 Å². The molecular formula is C19H26N6O. The molecule has 0 N–H and O–H groups in total. The van der Waals surface area contributed by atoms with Crippen LogP contribution in [0.1, 0.15) is 31.2 Å². The monoisotopic (exact) mass is 354 g/mol. The van der Waals surface area contributed by atoms with E-state index in [9.17, 15) is 0 Å². The summed E-state index contributed by atoms with van der Waals surface area (Å²) in [6.07, 6.45) is 3.47. The molecule has 0 aromatic carbocycles. The SMILES string of the molecule is COc1nccc(CN2CC3CN(c4cc(C(C)C)ncn4)CC3C2)n1. The van der Waals surface area contributed by atoms with Crippen LogP contribution in [0.15, 0.2) is 24.7 Å². The summed E-state index contributed by atoms with van der Waals surface area (Å²) >= 11 is 0. The minimum Gasteiger partial charge on any atom is -0.467 e. The van der Waals surface area contributed by atoms with Crippen LogP contribution in [0.3, 0.4) is 0 Å². The van der Waals surface area contributed by atoms with Gasteiger partial charge in [0.1, 0.15) is 12.1 Å². The molecule has 7 heteroatoms. The summed E-state index contributed by atoms with van der Waals surface area (Å²) < 4.78 is 5.12. The molecule has 0 spiro atoms. The van der Waals surface area contributed by atoms with Crippen molar-refractivity contribution in [3.8, 4) is 6.01 Å². The fourth-order valence-corrected chi connectivity index (χ4v) is 4.05. The van der Waals surface area contributed by atoms with Crippen LogP contribution in [0.4, 0.5) is 5.82 Å². The number of hydrogen-bond donors (Lipinski definition) is 0. The molecule has 0 radical (unpaired) electrons. The number of hydrogen-bond acceptors (Lipinski definition) is 7. The predicted octanol–water partition coefficient (Wildman–Crippen LogP) is 1.97. The van der Waals surface area contributed by atoms with Gasteiger partial charge in [0.2, 0.25) is 0 Å². The quantitative estimate of drug-likeness (QED) is 0.813. The van der Waals surface area contributed by atoms with Crippen LogP contribution in [-0.4, -0.2) is 58.1 Å². The third-order valence-electron chi connectivity index (χ3n) is 5.41. The normalized spacial score (nSPS) is 22.8. The molecule has 26 heavy (non-hydrogen) atoms. The van der Waals surface area contributed by atoms with Crippen LogP contribution >= 0.6 is 0 Å². The molecule has 2 aromatic rings. The van der Waals surface area contributed by atoms with Gasteiger partial charge in [-0.1, -0.05) is 13.8 Å². The molecule has 4 heterocycles. The maximum absolute atomic E-state index is 5.12. The van der Waals surface area contributed by atoms with Crippen LogP contribution in [0.25, 0.3) is 0 Å². The van der Waals surface area contributed by atoms with E-state index in [-0.39, 0.29) is 0 Å². The Morgan fingerprint density at radius 3 is 2.58 bits per heavy atom. The van der Waals surface area contributed by atoms with Gasteiger partial charge in [-0.3, -0.25) is 4.90 Å². The van der Waals surface area contributed by atoms with Gasteiger partial charge in [-0.25, -0.2) is 15.0 Å². The Morgan fingerprint density at radius 1 is 1.12 bits per heavy atom. The Hall–Kier alpha value is -2.28. The molecule has 2 saturated heterocycles. The van der Waals surface area contributed by atoms with Crippen molar-refractivity contribution in [1.82, 2.24) is 24.8 Å². The number of fused-ring (bicyclic) bond motifs is 1. The first kappa shape index (κ1) is 17.1. The van der Waals surface area contributed by atoms with Crippen molar-refractivity contribution in [1.29, 1.82) is 0 Å². The van der Waals surface area contributed by atoms with E-state index in [1.54, 1.807) is 19.6 Å². The van der Waals surface area contributed by atoms with Gasteiger partial charge in [0.15, 0.2) is 0 Å². The number of methoxy groups -OCH3 is 1. The smallest absolute Gasteiger partial charge is 0.316 e. The Labute approximate surface area is 154 Å². The first-order valence-electron chi connectivity index (χ1n) is 9.27. The standard InChI is InChI=1S/C19H26N6O/c1-13(2)17-6-18(22-12-21-17)25-9-14-7-24(8-15(14)10-25)11-16-4-5-20-19(23-16)26-3/h4-6,12-15H,7-11H2,1-3H3. The highest BCUT2D eigenvalue weighted by molar-refractivity contribution is 5.41. The Kier molecular flexibility index (Phi) is 4.72. The lowest BCUT2D eigenvalue weighted by molar-refractivity contribution is 0.301. The summed E-state index contributed by atoms with van der Waals surface area (Å²) in [4.78, 5) is 22.3. The van der Waals surface area contributed by atoms with Gasteiger partial charge in [-0.05, 0) is 23.8 Å². The molecule has 2 aliphatic rings. The van der Waals surface area contributed by atoms with E-state index in [1.165, 1.54) is 0 Å². The average Bonchev–Trinajstić information content (AvgIpc) is 3.20. The highest BCUT2D eigenvalue weighted by Gasteiger charge is 2.40. The first-order valence-corrected chi connectivity index (χ1v) is 9.27. The topological polar surface area (TPSA) is 67.3 Å².